The third kappa shape index (κ3) is 0.944. The number of pyridine rings is 1. The van der Waals surface area contributed by atoms with Crippen LogP contribution in [0.25, 0.3) is 0 Å². The zero-order chi connectivity index (χ0) is 9.92. The smallest absolute Gasteiger partial charge is 0.222 e. The van der Waals surface area contributed by atoms with Gasteiger partial charge in [0.1, 0.15) is 17.8 Å². The van der Waals surface area contributed by atoms with Crippen molar-refractivity contribution < 1.29 is 14.2 Å². The molecule has 2 aliphatic heterocycles. The van der Waals surface area contributed by atoms with Crippen LogP contribution in [0.2, 0.25) is 0 Å². The molecule has 0 N–H and O–H groups in total. The highest BCUT2D eigenvalue weighted by atomic mass is 16.6. The molecule has 4 heteroatoms. The van der Waals surface area contributed by atoms with Gasteiger partial charge in [0.2, 0.25) is 6.20 Å². The van der Waals surface area contributed by atoms with E-state index in [1.807, 2.05) is 13.8 Å². The molecule has 0 aliphatic carbocycles. The Morgan fingerprint density at radius 2 is 2.29 bits per heavy atom. The molecular formula is C10H11NO3. The minimum atomic E-state index is -0.327. The standard InChI is InChI=1S/C10H11NO3/c1-10(2)9-8(13-9)6-3-4-11(12)5-7(6)14-10/h3-5,8-9H,1-2H3. The van der Waals surface area contributed by atoms with Gasteiger partial charge in [0.25, 0.3) is 0 Å². The second kappa shape index (κ2) is 2.20. The maximum atomic E-state index is 11.1. The average molecular weight is 193 g/mol. The van der Waals surface area contributed by atoms with E-state index in [9.17, 15) is 5.21 Å². The molecule has 1 saturated heterocycles. The number of nitrogens with zero attached hydrogens (tertiary/aromatic N) is 1. The largest absolute Gasteiger partial charge is 0.619 e. The first-order valence-electron chi connectivity index (χ1n) is 4.65. The fourth-order valence-electron chi connectivity index (χ4n) is 2.01. The first kappa shape index (κ1) is 8.05. The van der Waals surface area contributed by atoms with Crippen molar-refractivity contribution in [1.82, 2.24) is 0 Å². The first-order chi connectivity index (χ1) is 6.58. The molecule has 2 atom stereocenters. The fraction of sp³-hybridized carbons (Fsp3) is 0.500. The normalized spacial score (nSPS) is 31.3. The molecule has 3 rings (SSSR count). The van der Waals surface area contributed by atoms with Gasteiger partial charge in [0.15, 0.2) is 11.9 Å². The van der Waals surface area contributed by atoms with Gasteiger partial charge in [-0.05, 0) is 13.8 Å². The Kier molecular flexibility index (Phi) is 1.27. The summed E-state index contributed by atoms with van der Waals surface area (Å²) in [6.07, 6.45) is 3.18. The van der Waals surface area contributed by atoms with Gasteiger partial charge >= 0.3 is 0 Å². The first-order valence-corrected chi connectivity index (χ1v) is 4.65. The van der Waals surface area contributed by atoms with Crippen molar-refractivity contribution in [3.8, 4) is 5.75 Å². The SMILES string of the molecule is CC1(C)Oc2c[n+]([O-])ccc2C2OC21. The summed E-state index contributed by atoms with van der Waals surface area (Å²) in [6, 6.07) is 1.77. The number of hydrogen-bond donors (Lipinski definition) is 0. The molecular weight excluding hydrogens is 182 g/mol. The van der Waals surface area contributed by atoms with Crippen LogP contribution < -0.4 is 9.47 Å². The summed E-state index contributed by atoms with van der Waals surface area (Å²) < 4.78 is 12.0. The molecule has 1 aromatic heterocycles. The minimum absolute atomic E-state index is 0.120. The summed E-state index contributed by atoms with van der Waals surface area (Å²) in [4.78, 5) is 0. The fourth-order valence-corrected chi connectivity index (χ4v) is 2.01. The Bertz CT molecular complexity index is 402. The van der Waals surface area contributed by atoms with Crippen molar-refractivity contribution in [1.29, 1.82) is 0 Å². The van der Waals surface area contributed by atoms with Gasteiger partial charge in [-0.25, -0.2) is 0 Å². The summed E-state index contributed by atoms with van der Waals surface area (Å²) in [5, 5.41) is 11.1. The molecule has 0 aromatic carbocycles. The van der Waals surface area contributed by atoms with Gasteiger partial charge < -0.3 is 14.7 Å². The topological polar surface area (TPSA) is 48.7 Å². The lowest BCUT2D eigenvalue weighted by molar-refractivity contribution is -0.606. The van der Waals surface area contributed by atoms with Crippen molar-refractivity contribution in [3.63, 3.8) is 0 Å². The predicted molar refractivity (Wildman–Crippen MR) is 47.7 cm³/mol. The Morgan fingerprint density at radius 1 is 1.50 bits per heavy atom. The van der Waals surface area contributed by atoms with E-state index in [2.05, 4.69) is 0 Å². The number of fused-ring (bicyclic) bond motifs is 3. The molecule has 0 amide bonds. The maximum Gasteiger partial charge on any atom is 0.222 e. The Morgan fingerprint density at radius 3 is 3.07 bits per heavy atom. The second-order valence-electron chi connectivity index (χ2n) is 4.31. The van der Waals surface area contributed by atoms with Gasteiger partial charge in [-0.2, -0.15) is 4.73 Å². The van der Waals surface area contributed by atoms with Gasteiger partial charge in [0.05, 0.1) is 0 Å². The zero-order valence-electron chi connectivity index (χ0n) is 8.06. The van der Waals surface area contributed by atoms with Crippen molar-refractivity contribution in [3.05, 3.63) is 29.2 Å². The van der Waals surface area contributed by atoms with Crippen LogP contribution in [0.1, 0.15) is 25.5 Å². The summed E-state index contributed by atoms with van der Waals surface area (Å²) in [5.74, 6) is 0.645. The average Bonchev–Trinajstić information content (AvgIpc) is 2.82. The highest BCUT2D eigenvalue weighted by Crippen LogP contribution is 2.52. The van der Waals surface area contributed by atoms with Crippen LogP contribution in [0, 0.1) is 5.21 Å². The molecule has 14 heavy (non-hydrogen) atoms. The monoisotopic (exact) mass is 193 g/mol. The van der Waals surface area contributed by atoms with Gasteiger partial charge in [-0.1, -0.05) is 0 Å². The molecule has 0 spiro atoms. The van der Waals surface area contributed by atoms with Crippen molar-refractivity contribution >= 4 is 0 Å². The van der Waals surface area contributed by atoms with Gasteiger partial charge in [-0.15, -0.1) is 0 Å². The van der Waals surface area contributed by atoms with E-state index in [0.29, 0.717) is 5.75 Å². The maximum absolute atomic E-state index is 11.1. The quantitative estimate of drug-likeness (QED) is 0.350. The molecule has 0 radical (unpaired) electrons. The summed E-state index contributed by atoms with van der Waals surface area (Å²) in [7, 11) is 0. The molecule has 3 heterocycles. The van der Waals surface area contributed by atoms with Crippen molar-refractivity contribution in [2.75, 3.05) is 0 Å². The van der Waals surface area contributed by atoms with Crippen LogP contribution in [0.4, 0.5) is 0 Å². The molecule has 74 valence electrons. The lowest BCUT2D eigenvalue weighted by atomic mass is 9.95. The lowest BCUT2D eigenvalue weighted by Gasteiger charge is -2.28. The van der Waals surface area contributed by atoms with Gasteiger partial charge in [-0.3, -0.25) is 0 Å². The molecule has 0 bridgehead atoms. The van der Waals surface area contributed by atoms with Crippen LogP contribution >= 0.6 is 0 Å². The molecule has 2 aliphatic rings. The number of rotatable bonds is 0. The van der Waals surface area contributed by atoms with Crippen LogP contribution in [-0.4, -0.2) is 11.7 Å². The third-order valence-electron chi connectivity index (χ3n) is 2.79. The lowest BCUT2D eigenvalue weighted by Crippen LogP contribution is -2.39. The summed E-state index contributed by atoms with van der Waals surface area (Å²) in [6.45, 7) is 3.95. The van der Waals surface area contributed by atoms with Crippen LogP contribution in [0.3, 0.4) is 0 Å². The second-order valence-corrected chi connectivity index (χ2v) is 4.31. The van der Waals surface area contributed by atoms with E-state index < -0.39 is 0 Å². The molecule has 1 fully saturated rings. The Balaban J connectivity index is 2.11. The Hall–Kier alpha value is -1.29. The van der Waals surface area contributed by atoms with E-state index in [1.165, 1.54) is 12.4 Å². The van der Waals surface area contributed by atoms with Crippen molar-refractivity contribution in [2.24, 2.45) is 0 Å². The molecule has 2 unspecified atom stereocenters. The number of ether oxygens (including phenoxy) is 2. The number of hydrogen-bond acceptors (Lipinski definition) is 3. The summed E-state index contributed by atoms with van der Waals surface area (Å²) in [5.41, 5.74) is 0.660. The van der Waals surface area contributed by atoms with Crippen LogP contribution in [0.5, 0.6) is 5.75 Å². The highest BCUT2D eigenvalue weighted by molar-refractivity contribution is 5.38. The number of aromatic nitrogens is 1. The number of epoxide rings is 1. The van der Waals surface area contributed by atoms with E-state index in [4.69, 9.17) is 9.47 Å². The molecule has 4 nitrogen and oxygen atoms in total. The van der Waals surface area contributed by atoms with Crippen molar-refractivity contribution in [2.45, 2.75) is 31.7 Å². The molecule has 0 saturated carbocycles. The van der Waals surface area contributed by atoms with E-state index >= 15 is 0 Å². The van der Waals surface area contributed by atoms with E-state index in [1.54, 1.807) is 6.07 Å². The highest BCUT2D eigenvalue weighted by Gasteiger charge is 2.57. The van der Waals surface area contributed by atoms with Crippen LogP contribution in [-0.2, 0) is 4.74 Å². The third-order valence-corrected chi connectivity index (χ3v) is 2.79. The minimum Gasteiger partial charge on any atom is -0.619 e. The predicted octanol–water partition coefficient (Wildman–Crippen LogP) is 0.931. The van der Waals surface area contributed by atoms with E-state index in [0.717, 1.165) is 10.3 Å². The summed E-state index contributed by atoms with van der Waals surface area (Å²) >= 11 is 0. The Labute approximate surface area is 81.6 Å². The van der Waals surface area contributed by atoms with E-state index in [-0.39, 0.29) is 17.8 Å². The molecule has 1 aromatic rings. The zero-order valence-corrected chi connectivity index (χ0v) is 8.06. The van der Waals surface area contributed by atoms with Crippen LogP contribution in [0.15, 0.2) is 18.5 Å². The van der Waals surface area contributed by atoms with Gasteiger partial charge in [0, 0.05) is 11.6 Å².